The largest absolute Gasteiger partial charge is 0.350 e. The molecule has 0 unspecified atom stereocenters. The van der Waals surface area contributed by atoms with E-state index < -0.39 is 10.0 Å². The lowest BCUT2D eigenvalue weighted by Crippen LogP contribution is -2.31. The lowest BCUT2D eigenvalue weighted by Gasteiger charge is -2.20. The Morgan fingerprint density at radius 3 is 2.31 bits per heavy atom. The van der Waals surface area contributed by atoms with E-state index in [4.69, 9.17) is 0 Å². The minimum atomic E-state index is -3.48. The van der Waals surface area contributed by atoms with Gasteiger partial charge in [-0.2, -0.15) is 4.31 Å². The van der Waals surface area contributed by atoms with Crippen molar-refractivity contribution in [1.82, 2.24) is 9.29 Å². The monoisotopic (exact) mass is 416 g/mol. The number of sulfonamides is 1. The van der Waals surface area contributed by atoms with Crippen molar-refractivity contribution in [2.24, 2.45) is 0 Å². The van der Waals surface area contributed by atoms with Crippen LogP contribution in [-0.2, 0) is 14.8 Å². The molecule has 1 aromatic heterocycles. The number of nitrogens with one attached hydrogen (secondary N) is 1. The molecule has 0 radical (unpaired) electrons. The van der Waals surface area contributed by atoms with Gasteiger partial charge >= 0.3 is 0 Å². The quantitative estimate of drug-likeness (QED) is 0.783. The maximum absolute atomic E-state index is 12.6. The van der Waals surface area contributed by atoms with Crippen LogP contribution in [0.5, 0.6) is 0 Å². The molecule has 1 aromatic carbocycles. The van der Waals surface area contributed by atoms with Gasteiger partial charge in [-0.3, -0.25) is 4.79 Å². The summed E-state index contributed by atoms with van der Waals surface area (Å²) in [7, 11) is -1.73. The van der Waals surface area contributed by atoms with Crippen LogP contribution in [0.3, 0.4) is 0 Å². The lowest BCUT2D eigenvalue weighted by atomic mass is 10.1. The summed E-state index contributed by atoms with van der Waals surface area (Å²) < 4.78 is 26.7. The van der Waals surface area contributed by atoms with Gasteiger partial charge in [0.1, 0.15) is 10.7 Å². The Labute approximate surface area is 172 Å². The number of amides is 1. The normalized spacial score (nSPS) is 14.8. The van der Waals surface area contributed by atoms with Crippen molar-refractivity contribution in [1.29, 1.82) is 0 Å². The van der Waals surface area contributed by atoms with Gasteiger partial charge in [0.05, 0.1) is 6.54 Å². The molecule has 2 aromatic rings. The van der Waals surface area contributed by atoms with Crippen LogP contribution in [0.1, 0.15) is 29.5 Å². The van der Waals surface area contributed by atoms with Crippen molar-refractivity contribution < 1.29 is 13.2 Å². The molecule has 1 amide bonds. The van der Waals surface area contributed by atoms with Crippen LogP contribution < -0.4 is 10.2 Å². The maximum Gasteiger partial charge on any atom is 0.244 e. The van der Waals surface area contributed by atoms with Crippen molar-refractivity contribution in [3.05, 3.63) is 47.2 Å². The first-order valence-corrected chi connectivity index (χ1v) is 11.2. The van der Waals surface area contributed by atoms with Crippen LogP contribution in [0.15, 0.2) is 35.4 Å². The molecule has 0 aliphatic carbocycles. The molecule has 1 N–H and O–H groups in total. The summed E-state index contributed by atoms with van der Waals surface area (Å²) in [4.78, 5) is 18.6. The number of hydrogen-bond donors (Lipinski definition) is 1. The fraction of sp³-hybridized carbons (Fsp3) is 0.429. The van der Waals surface area contributed by atoms with Gasteiger partial charge in [0.25, 0.3) is 0 Å². The Balaban J connectivity index is 1.66. The predicted octanol–water partition coefficient (Wildman–Crippen LogP) is 2.87. The van der Waals surface area contributed by atoms with Crippen molar-refractivity contribution in [3.63, 3.8) is 0 Å². The third-order valence-corrected chi connectivity index (χ3v) is 7.02. The van der Waals surface area contributed by atoms with Crippen molar-refractivity contribution in [2.75, 3.05) is 36.9 Å². The molecule has 1 aliphatic heterocycles. The van der Waals surface area contributed by atoms with E-state index >= 15 is 0 Å². The number of rotatable bonds is 6. The number of carbonyl (C=O) groups is 1. The number of pyridine rings is 1. The Morgan fingerprint density at radius 2 is 1.76 bits per heavy atom. The number of aryl methyl sites for hydroxylation is 3. The first-order valence-electron chi connectivity index (χ1n) is 9.73. The predicted molar refractivity (Wildman–Crippen MR) is 115 cm³/mol. The molecule has 1 fully saturated rings. The van der Waals surface area contributed by atoms with Gasteiger partial charge in [-0.15, -0.1) is 0 Å². The van der Waals surface area contributed by atoms with Crippen molar-refractivity contribution >= 4 is 27.4 Å². The second kappa shape index (κ2) is 8.51. The molecule has 0 saturated carbocycles. The van der Waals surface area contributed by atoms with Crippen molar-refractivity contribution in [2.45, 2.75) is 38.5 Å². The van der Waals surface area contributed by atoms with Crippen LogP contribution >= 0.6 is 0 Å². The summed E-state index contributed by atoms with van der Waals surface area (Å²) in [6.07, 6.45) is 3.15. The van der Waals surface area contributed by atoms with E-state index in [0.29, 0.717) is 18.9 Å². The highest BCUT2D eigenvalue weighted by Gasteiger charge is 2.27. The van der Waals surface area contributed by atoms with E-state index in [1.165, 1.54) is 10.5 Å². The number of carbonyl (C=O) groups excluding carboxylic acids is 1. The zero-order valence-corrected chi connectivity index (χ0v) is 18.2. The van der Waals surface area contributed by atoms with Crippen LogP contribution in [0, 0.1) is 20.8 Å². The first kappa shape index (κ1) is 21.3. The van der Waals surface area contributed by atoms with Crippen LogP contribution in [0.25, 0.3) is 0 Å². The van der Waals surface area contributed by atoms with Gasteiger partial charge in [0, 0.05) is 32.0 Å². The molecular formula is C21H28N4O3S. The van der Waals surface area contributed by atoms with E-state index in [0.717, 1.165) is 35.2 Å². The molecule has 0 atom stereocenters. The van der Waals surface area contributed by atoms with Gasteiger partial charge in [-0.25, -0.2) is 13.4 Å². The average Bonchev–Trinajstić information content (AvgIpc) is 3.20. The van der Waals surface area contributed by atoms with Crippen LogP contribution in [-0.4, -0.2) is 50.3 Å². The number of benzene rings is 1. The van der Waals surface area contributed by atoms with Gasteiger partial charge in [-0.05, 0) is 56.9 Å². The fourth-order valence-corrected chi connectivity index (χ4v) is 5.14. The van der Waals surface area contributed by atoms with Crippen molar-refractivity contribution in [3.8, 4) is 0 Å². The summed E-state index contributed by atoms with van der Waals surface area (Å²) in [6.45, 7) is 7.20. The molecule has 8 heteroatoms. The van der Waals surface area contributed by atoms with Gasteiger partial charge in [-0.1, -0.05) is 17.7 Å². The Morgan fingerprint density at radius 1 is 1.14 bits per heavy atom. The summed E-state index contributed by atoms with van der Waals surface area (Å²) >= 11 is 0. The fourth-order valence-electron chi connectivity index (χ4n) is 3.68. The van der Waals surface area contributed by atoms with Gasteiger partial charge in [0.2, 0.25) is 15.9 Å². The topological polar surface area (TPSA) is 82.6 Å². The summed E-state index contributed by atoms with van der Waals surface area (Å²) in [5.41, 5.74) is 4.03. The standard InChI is InChI=1S/C21H28N4O3S/c1-15-11-16(2)21(17(3)12-15)23-20(26)14-24(4)19-8-7-18(13-22-19)29(27,28)25-9-5-6-10-25/h7-8,11-13H,5-6,9-10,14H2,1-4H3,(H,23,26). The average molecular weight is 417 g/mol. The minimum absolute atomic E-state index is 0.109. The minimum Gasteiger partial charge on any atom is -0.350 e. The molecule has 1 saturated heterocycles. The number of aromatic nitrogens is 1. The molecule has 1 aliphatic rings. The van der Waals surface area contributed by atoms with E-state index in [9.17, 15) is 13.2 Å². The molecule has 0 bridgehead atoms. The lowest BCUT2D eigenvalue weighted by molar-refractivity contribution is -0.114. The molecule has 29 heavy (non-hydrogen) atoms. The Kier molecular flexibility index (Phi) is 6.24. The third-order valence-electron chi connectivity index (χ3n) is 5.14. The van der Waals surface area contributed by atoms with E-state index in [1.54, 1.807) is 24.1 Å². The molecule has 3 rings (SSSR count). The maximum atomic E-state index is 12.6. The smallest absolute Gasteiger partial charge is 0.244 e. The summed E-state index contributed by atoms with van der Waals surface area (Å²) in [5.74, 6) is 0.385. The molecule has 0 spiro atoms. The van der Waals surface area contributed by atoms with Gasteiger partial charge < -0.3 is 10.2 Å². The van der Waals surface area contributed by atoms with Crippen LogP contribution in [0.2, 0.25) is 0 Å². The molecule has 2 heterocycles. The van der Waals surface area contributed by atoms with Gasteiger partial charge in [0.15, 0.2) is 0 Å². The number of hydrogen-bond acceptors (Lipinski definition) is 5. The molecule has 156 valence electrons. The van der Waals surface area contributed by atoms with E-state index in [1.807, 2.05) is 32.9 Å². The number of likely N-dealkylation sites (N-methyl/N-ethyl adjacent to an activating group) is 1. The molecular weight excluding hydrogens is 388 g/mol. The zero-order valence-electron chi connectivity index (χ0n) is 17.4. The Bertz CT molecular complexity index is 974. The summed E-state index contributed by atoms with van der Waals surface area (Å²) in [5, 5.41) is 2.97. The highest BCUT2D eigenvalue weighted by atomic mass is 32.2. The second-order valence-electron chi connectivity index (χ2n) is 7.64. The van der Waals surface area contributed by atoms with E-state index in [-0.39, 0.29) is 17.3 Å². The highest BCUT2D eigenvalue weighted by Crippen LogP contribution is 2.23. The summed E-state index contributed by atoms with van der Waals surface area (Å²) in [6, 6.07) is 7.26. The second-order valence-corrected chi connectivity index (χ2v) is 9.58. The highest BCUT2D eigenvalue weighted by molar-refractivity contribution is 7.89. The first-order chi connectivity index (χ1) is 13.7. The SMILES string of the molecule is Cc1cc(C)c(NC(=O)CN(C)c2ccc(S(=O)(=O)N3CCCC3)cn2)c(C)c1. The molecule has 7 nitrogen and oxygen atoms in total. The Hall–Kier alpha value is -2.45. The number of nitrogens with zero attached hydrogens (tertiary/aromatic N) is 3. The van der Waals surface area contributed by atoms with Crippen LogP contribution in [0.4, 0.5) is 11.5 Å². The zero-order chi connectivity index (χ0) is 21.2. The van der Waals surface area contributed by atoms with E-state index in [2.05, 4.69) is 10.3 Å². The number of anilines is 2. The third kappa shape index (κ3) is 4.76.